The van der Waals surface area contributed by atoms with Crippen molar-refractivity contribution in [2.45, 2.75) is 63.8 Å². The summed E-state index contributed by atoms with van der Waals surface area (Å²) in [5.74, 6) is -0.974. The minimum absolute atomic E-state index is 0.0234. The number of carbonyl (C=O) groups excluding carboxylic acids is 3. The van der Waals surface area contributed by atoms with Gasteiger partial charge in [0.05, 0.1) is 6.10 Å². The fourth-order valence-corrected chi connectivity index (χ4v) is 5.66. The number of para-hydroxylation sites is 1. The van der Waals surface area contributed by atoms with Gasteiger partial charge in [0, 0.05) is 24.8 Å². The maximum atomic E-state index is 13.7. The van der Waals surface area contributed by atoms with E-state index in [0.717, 1.165) is 18.4 Å². The summed E-state index contributed by atoms with van der Waals surface area (Å²) in [5.41, 5.74) is 3.92. The lowest BCUT2D eigenvalue weighted by Gasteiger charge is -2.27. The zero-order chi connectivity index (χ0) is 30.1. The highest BCUT2D eigenvalue weighted by Crippen LogP contribution is 2.33. The van der Waals surface area contributed by atoms with E-state index in [-0.39, 0.29) is 51.8 Å². The fraction of sp³-hybridized carbons (Fsp3) is 0.484. The molecule has 2 unspecified atom stereocenters. The molecule has 5 atom stereocenters. The maximum Gasteiger partial charge on any atom is 0.249 e. The van der Waals surface area contributed by atoms with E-state index in [4.69, 9.17) is 4.74 Å². The molecular weight excluding hydrogens is 558 g/mol. The van der Waals surface area contributed by atoms with Crippen molar-refractivity contribution in [3.8, 4) is 11.4 Å². The van der Waals surface area contributed by atoms with Gasteiger partial charge in [0.1, 0.15) is 36.3 Å². The highest BCUT2D eigenvalue weighted by atomic mass is 31.0. The number of aliphatic hydroxyl groups excluding tert-OH is 1. The largest absolute Gasteiger partial charge is 0.492 e. The van der Waals surface area contributed by atoms with Gasteiger partial charge >= 0.3 is 0 Å². The van der Waals surface area contributed by atoms with E-state index >= 15 is 0 Å². The van der Waals surface area contributed by atoms with Crippen molar-refractivity contribution in [2.75, 3.05) is 19.7 Å². The number of fused-ring (bicyclic) bond motifs is 1. The minimum Gasteiger partial charge on any atom is -0.492 e. The first-order chi connectivity index (χ1) is 20.2. The summed E-state index contributed by atoms with van der Waals surface area (Å²) >= 11 is 0. The number of hydrogen-bond donors (Lipinski definition) is 5. The van der Waals surface area contributed by atoms with Gasteiger partial charge in [-0.2, -0.15) is 0 Å². The molecule has 1 aliphatic carbocycles. The standard InChI is InChI=1S/C31H40FN4O5P/c1-19(2)28-31(40)35-25(14-20-10-11-20)29(38)34-17-23(37)15-21-6-3-4-9-27(21)41-13-12-33-26(30(39)36-28)18-42-24-8-5-7-22(32)16-24/h3-9,16,19-20,23,25-26,28,33,37,42H,10-15,17H2,1-2H3,(H,34,38)(H,35,40)(H,36,39)/t23-,25-,26?,28+/m0/s1. The zero-order valence-electron chi connectivity index (χ0n) is 24.0. The van der Waals surface area contributed by atoms with Crippen LogP contribution in [-0.4, -0.2) is 66.8 Å². The van der Waals surface area contributed by atoms with Crippen LogP contribution in [0.1, 0.15) is 38.7 Å². The van der Waals surface area contributed by atoms with Crippen LogP contribution in [0, 0.1) is 23.3 Å². The van der Waals surface area contributed by atoms with Crippen molar-refractivity contribution < 1.29 is 28.6 Å². The maximum absolute atomic E-state index is 13.7. The quantitative estimate of drug-likeness (QED) is 0.342. The van der Waals surface area contributed by atoms with Gasteiger partial charge in [-0.1, -0.05) is 70.7 Å². The lowest BCUT2D eigenvalue weighted by molar-refractivity contribution is -0.133. The van der Waals surface area contributed by atoms with Crippen LogP contribution in [0.3, 0.4) is 0 Å². The number of halogens is 1. The first kappa shape index (κ1) is 31.5. The van der Waals surface area contributed by atoms with Crippen molar-refractivity contribution in [1.82, 2.24) is 21.3 Å². The molecule has 0 radical (unpaired) electrons. The van der Waals surface area contributed by atoms with Gasteiger partial charge in [-0.3, -0.25) is 19.7 Å². The number of aliphatic hydroxyl groups is 1. The molecular formula is C31H40FN4O5P. The van der Waals surface area contributed by atoms with Gasteiger partial charge in [0.25, 0.3) is 0 Å². The second-order valence-corrected chi connectivity index (χ2v) is 12.3. The predicted molar refractivity (Wildman–Crippen MR) is 161 cm³/mol. The van der Waals surface area contributed by atoms with E-state index in [2.05, 4.69) is 26.9 Å². The Balaban J connectivity index is 1.60. The third-order valence-electron chi connectivity index (χ3n) is 7.24. The monoisotopic (exact) mass is 598 g/mol. The topological polar surface area (TPSA) is 129 Å². The Morgan fingerprint density at radius 3 is 2.57 bits per heavy atom. The number of β-amino-alcohol motifs (C(OH)–C–C–N with tert-alkyl or cyclic N) is 1. The summed E-state index contributed by atoms with van der Waals surface area (Å²) < 4.78 is 19.7. The van der Waals surface area contributed by atoms with Crippen LogP contribution >= 0.6 is 8.04 Å². The lowest BCUT2D eigenvalue weighted by atomic mass is 10.0. The van der Waals surface area contributed by atoms with E-state index in [1.807, 2.05) is 32.0 Å². The number of nitrogens with one attached hydrogen (secondary N) is 4. The molecule has 0 spiro atoms. The van der Waals surface area contributed by atoms with Crippen LogP contribution in [0.2, 0.25) is 0 Å². The molecule has 0 bridgehead atoms. The van der Waals surface area contributed by atoms with Crippen LogP contribution in [0.4, 0.5) is 4.39 Å². The number of amides is 3. The molecule has 3 amide bonds. The molecule has 1 heterocycles. The van der Waals surface area contributed by atoms with Crippen molar-refractivity contribution in [1.29, 1.82) is 0 Å². The molecule has 1 saturated carbocycles. The summed E-state index contributed by atoms with van der Waals surface area (Å²) in [6.07, 6.45) is 1.89. The summed E-state index contributed by atoms with van der Waals surface area (Å²) in [5, 5.41) is 23.0. The Labute approximate surface area is 247 Å². The number of hydrogen-bond acceptors (Lipinski definition) is 6. The average Bonchev–Trinajstić information content (AvgIpc) is 3.78. The van der Waals surface area contributed by atoms with Crippen molar-refractivity contribution in [3.63, 3.8) is 0 Å². The number of benzene rings is 2. The molecule has 2 aromatic rings. The van der Waals surface area contributed by atoms with E-state index in [0.29, 0.717) is 23.4 Å². The van der Waals surface area contributed by atoms with E-state index in [9.17, 15) is 23.9 Å². The predicted octanol–water partition coefficient (Wildman–Crippen LogP) is 1.58. The normalized spacial score (nSPS) is 24.7. The molecule has 0 saturated heterocycles. The molecule has 0 aromatic heterocycles. The van der Waals surface area contributed by atoms with Crippen LogP contribution in [-0.2, 0) is 20.8 Å². The summed E-state index contributed by atoms with van der Waals surface area (Å²) in [4.78, 5) is 40.1. The SMILES string of the molecule is CC(C)[C@H]1NC(=O)C(C#[PH]c2cccc(F)c2)NCCOc2ccccc2C[C@H](O)CNC(=O)[C@H](CC2CC2)NC1=O. The zero-order valence-corrected chi connectivity index (χ0v) is 25.0. The Bertz CT molecular complexity index is 1330. The van der Waals surface area contributed by atoms with Crippen molar-refractivity contribution in [3.05, 3.63) is 59.9 Å². The van der Waals surface area contributed by atoms with Gasteiger partial charge in [0.2, 0.25) is 17.7 Å². The van der Waals surface area contributed by atoms with Crippen molar-refractivity contribution >= 4 is 31.1 Å². The van der Waals surface area contributed by atoms with Gasteiger partial charge in [-0.15, -0.1) is 0 Å². The third-order valence-corrected chi connectivity index (χ3v) is 8.27. The van der Waals surface area contributed by atoms with Crippen LogP contribution in [0.25, 0.3) is 0 Å². The number of ether oxygens (including phenoxy) is 1. The second kappa shape index (κ2) is 15.2. The molecule has 226 valence electrons. The molecule has 2 aromatic carbocycles. The molecule has 11 heteroatoms. The summed E-state index contributed by atoms with van der Waals surface area (Å²) in [6.45, 7) is 4.16. The van der Waals surface area contributed by atoms with Gasteiger partial charge in [0.15, 0.2) is 0 Å². The molecule has 42 heavy (non-hydrogen) atoms. The Hall–Kier alpha value is -3.42. The molecule has 2 aliphatic rings. The lowest BCUT2D eigenvalue weighted by Crippen LogP contribution is -2.58. The van der Waals surface area contributed by atoms with E-state index in [1.54, 1.807) is 18.2 Å². The first-order valence-corrected chi connectivity index (χ1v) is 15.5. The van der Waals surface area contributed by atoms with Gasteiger partial charge in [-0.05, 0) is 42.0 Å². The number of rotatable bonds is 3. The second-order valence-electron chi connectivity index (χ2n) is 11.2. The molecule has 4 rings (SSSR count). The summed E-state index contributed by atoms with van der Waals surface area (Å²) in [7, 11) is -0.0917. The van der Waals surface area contributed by atoms with Crippen LogP contribution in [0.5, 0.6) is 5.75 Å². The molecule has 5 N–H and O–H groups in total. The smallest absolute Gasteiger partial charge is 0.249 e. The highest BCUT2D eigenvalue weighted by Gasteiger charge is 2.34. The Morgan fingerprint density at radius 1 is 1.05 bits per heavy atom. The third kappa shape index (κ3) is 9.57. The van der Waals surface area contributed by atoms with E-state index < -0.39 is 36.0 Å². The highest BCUT2D eigenvalue weighted by molar-refractivity contribution is 7.36. The van der Waals surface area contributed by atoms with Gasteiger partial charge < -0.3 is 25.8 Å². The van der Waals surface area contributed by atoms with Crippen LogP contribution < -0.4 is 31.3 Å². The van der Waals surface area contributed by atoms with Crippen LogP contribution in [0.15, 0.2) is 48.5 Å². The minimum atomic E-state index is -0.911. The van der Waals surface area contributed by atoms with Crippen molar-refractivity contribution in [2.24, 2.45) is 11.8 Å². The first-order valence-electron chi connectivity index (χ1n) is 14.5. The number of carbonyl (C=O) groups is 3. The average molecular weight is 599 g/mol. The van der Waals surface area contributed by atoms with E-state index in [1.165, 1.54) is 12.1 Å². The van der Waals surface area contributed by atoms with Gasteiger partial charge in [-0.25, -0.2) is 4.39 Å². The summed E-state index contributed by atoms with van der Waals surface area (Å²) in [6, 6.07) is 10.9. The fourth-order valence-electron chi connectivity index (χ4n) is 4.73. The molecule has 9 nitrogen and oxygen atoms in total. The Morgan fingerprint density at radius 2 is 1.83 bits per heavy atom. The molecule has 1 aliphatic heterocycles. The Kier molecular flexibility index (Phi) is 11.4. The molecule has 1 fully saturated rings.